The summed E-state index contributed by atoms with van der Waals surface area (Å²) < 4.78 is 5.32. The first-order valence-corrected chi connectivity index (χ1v) is 6.85. The third-order valence-electron chi connectivity index (χ3n) is 3.87. The van der Waals surface area contributed by atoms with E-state index >= 15 is 0 Å². The Kier molecular flexibility index (Phi) is 4.87. The van der Waals surface area contributed by atoms with Crippen LogP contribution < -0.4 is 5.73 Å². The first-order valence-electron chi connectivity index (χ1n) is 6.85. The van der Waals surface area contributed by atoms with Gasteiger partial charge in [0.2, 0.25) is 0 Å². The van der Waals surface area contributed by atoms with Gasteiger partial charge < -0.3 is 15.4 Å². The molecule has 2 N–H and O–H groups in total. The second-order valence-electron chi connectivity index (χ2n) is 5.04. The van der Waals surface area contributed by atoms with Gasteiger partial charge in [0.15, 0.2) is 0 Å². The average Bonchev–Trinajstić information content (AvgIpc) is 2.53. The second-order valence-corrected chi connectivity index (χ2v) is 5.04. The molecule has 2 atom stereocenters. The van der Waals surface area contributed by atoms with Crippen molar-refractivity contribution in [2.45, 2.75) is 25.0 Å². The average molecular weight is 293 g/mol. The molecule has 21 heavy (non-hydrogen) atoms. The fraction of sp³-hybridized carbons (Fsp3) is 0.500. The number of nitro groups is 1. The summed E-state index contributed by atoms with van der Waals surface area (Å²) in [5.74, 6) is -0.340. The number of benzene rings is 1. The molecule has 7 nitrogen and oxygen atoms in total. The van der Waals surface area contributed by atoms with Crippen molar-refractivity contribution in [3.8, 4) is 0 Å². The van der Waals surface area contributed by atoms with Crippen LogP contribution in [0.1, 0.15) is 23.2 Å². The summed E-state index contributed by atoms with van der Waals surface area (Å²) in [6, 6.07) is 5.84. The Morgan fingerprint density at radius 1 is 1.52 bits per heavy atom. The fourth-order valence-electron chi connectivity index (χ4n) is 2.69. The third-order valence-corrected chi connectivity index (χ3v) is 3.87. The number of methoxy groups -OCH3 is 1. The molecule has 0 aromatic heterocycles. The number of rotatable bonds is 4. The molecule has 1 fully saturated rings. The van der Waals surface area contributed by atoms with Crippen molar-refractivity contribution >= 4 is 11.6 Å². The number of carbonyl (C=O) groups excluding carboxylic acids is 1. The van der Waals surface area contributed by atoms with Gasteiger partial charge in [-0.1, -0.05) is 12.1 Å². The molecule has 2 unspecified atom stereocenters. The van der Waals surface area contributed by atoms with Crippen LogP contribution in [-0.2, 0) is 4.74 Å². The molecule has 0 radical (unpaired) electrons. The van der Waals surface area contributed by atoms with Gasteiger partial charge in [0.1, 0.15) is 5.56 Å². The zero-order valence-electron chi connectivity index (χ0n) is 11.9. The minimum Gasteiger partial charge on any atom is -0.381 e. The van der Waals surface area contributed by atoms with Crippen molar-refractivity contribution in [3.05, 3.63) is 39.9 Å². The van der Waals surface area contributed by atoms with Gasteiger partial charge in [-0.05, 0) is 18.9 Å². The lowest BCUT2D eigenvalue weighted by Gasteiger charge is -2.38. The number of piperidine rings is 1. The van der Waals surface area contributed by atoms with Gasteiger partial charge in [0.05, 0.1) is 11.0 Å². The maximum Gasteiger partial charge on any atom is 0.282 e. The lowest BCUT2D eigenvalue weighted by Crippen LogP contribution is -2.51. The van der Waals surface area contributed by atoms with Crippen molar-refractivity contribution in [2.75, 3.05) is 20.2 Å². The van der Waals surface area contributed by atoms with E-state index in [4.69, 9.17) is 10.5 Å². The van der Waals surface area contributed by atoms with Gasteiger partial charge in [0.25, 0.3) is 11.6 Å². The van der Waals surface area contributed by atoms with E-state index in [0.29, 0.717) is 25.9 Å². The van der Waals surface area contributed by atoms with Crippen LogP contribution in [0.3, 0.4) is 0 Å². The van der Waals surface area contributed by atoms with Crippen LogP contribution in [0.5, 0.6) is 0 Å². The summed E-state index contributed by atoms with van der Waals surface area (Å²) in [6.07, 6.45) is 1.44. The maximum absolute atomic E-state index is 12.6. The number of ether oxygens (including phenoxy) is 1. The zero-order chi connectivity index (χ0) is 15.4. The van der Waals surface area contributed by atoms with E-state index in [0.717, 1.165) is 0 Å². The maximum atomic E-state index is 12.6. The van der Waals surface area contributed by atoms with E-state index in [2.05, 4.69) is 0 Å². The molecule has 1 aromatic rings. The number of para-hydroxylation sites is 1. The molecule has 114 valence electrons. The lowest BCUT2D eigenvalue weighted by atomic mass is 9.98. The number of likely N-dealkylation sites (tertiary alicyclic amines) is 1. The summed E-state index contributed by atoms with van der Waals surface area (Å²) in [4.78, 5) is 24.8. The van der Waals surface area contributed by atoms with Crippen molar-refractivity contribution in [1.82, 2.24) is 4.90 Å². The highest BCUT2D eigenvalue weighted by molar-refractivity contribution is 5.98. The minimum atomic E-state index is -0.535. The molecular formula is C14H19N3O4. The quantitative estimate of drug-likeness (QED) is 0.663. The molecule has 1 aromatic carbocycles. The van der Waals surface area contributed by atoms with Crippen LogP contribution in [0.4, 0.5) is 5.69 Å². The molecular weight excluding hydrogens is 274 g/mol. The smallest absolute Gasteiger partial charge is 0.282 e. The summed E-state index contributed by atoms with van der Waals surface area (Å²) >= 11 is 0. The lowest BCUT2D eigenvalue weighted by molar-refractivity contribution is -0.385. The second kappa shape index (κ2) is 6.64. The first-order chi connectivity index (χ1) is 10.1. The monoisotopic (exact) mass is 293 g/mol. The normalized spacial score (nSPS) is 22.1. The highest BCUT2D eigenvalue weighted by atomic mass is 16.6. The number of nitrogens with zero attached hydrogens (tertiary/aromatic N) is 2. The predicted octanol–water partition coefficient (Wildman–Crippen LogP) is 1.17. The van der Waals surface area contributed by atoms with E-state index in [1.807, 2.05) is 0 Å². The number of carbonyl (C=O) groups is 1. The predicted molar refractivity (Wildman–Crippen MR) is 77.0 cm³/mol. The summed E-state index contributed by atoms with van der Waals surface area (Å²) in [5.41, 5.74) is 5.68. The number of hydrogen-bond donors (Lipinski definition) is 1. The minimum absolute atomic E-state index is 0.0772. The molecule has 0 saturated carbocycles. The number of hydrogen-bond acceptors (Lipinski definition) is 5. The topological polar surface area (TPSA) is 98.7 Å². The SMILES string of the molecule is COC1CCN(C(=O)c2ccccc2[N+](=O)[O-])C(CN)C1. The van der Waals surface area contributed by atoms with Crippen molar-refractivity contribution in [2.24, 2.45) is 5.73 Å². The molecule has 1 heterocycles. The van der Waals surface area contributed by atoms with E-state index < -0.39 is 4.92 Å². The highest BCUT2D eigenvalue weighted by Gasteiger charge is 2.33. The van der Waals surface area contributed by atoms with Crippen LogP contribution in [0.15, 0.2) is 24.3 Å². The zero-order valence-corrected chi connectivity index (χ0v) is 11.9. The number of amides is 1. The van der Waals surface area contributed by atoms with Gasteiger partial charge >= 0.3 is 0 Å². The number of nitro benzene ring substituents is 1. The van der Waals surface area contributed by atoms with Crippen LogP contribution >= 0.6 is 0 Å². The molecule has 1 saturated heterocycles. The molecule has 0 spiro atoms. The molecule has 0 aliphatic carbocycles. The van der Waals surface area contributed by atoms with Gasteiger partial charge in [-0.25, -0.2) is 0 Å². The molecule has 1 amide bonds. The fourth-order valence-corrected chi connectivity index (χ4v) is 2.69. The van der Waals surface area contributed by atoms with Crippen LogP contribution in [-0.4, -0.2) is 48.1 Å². The standard InChI is InChI=1S/C14H19N3O4/c1-21-11-6-7-16(10(8-11)9-15)14(18)12-4-2-3-5-13(12)17(19)20/h2-5,10-11H,6-9,15H2,1H3. The van der Waals surface area contributed by atoms with E-state index in [1.165, 1.54) is 12.1 Å². The van der Waals surface area contributed by atoms with Crippen LogP contribution in [0.25, 0.3) is 0 Å². The Morgan fingerprint density at radius 3 is 2.86 bits per heavy atom. The Hall–Kier alpha value is -1.99. The van der Waals surface area contributed by atoms with Crippen molar-refractivity contribution in [3.63, 3.8) is 0 Å². The summed E-state index contributed by atoms with van der Waals surface area (Å²) in [6.45, 7) is 0.803. The number of nitrogens with two attached hydrogens (primary N) is 1. The summed E-state index contributed by atoms with van der Waals surface area (Å²) in [7, 11) is 1.64. The molecule has 1 aliphatic rings. The Labute approximate surface area is 122 Å². The summed E-state index contributed by atoms with van der Waals surface area (Å²) in [5, 5.41) is 11.0. The molecule has 1 aliphatic heterocycles. The Morgan fingerprint density at radius 2 is 2.24 bits per heavy atom. The van der Waals surface area contributed by atoms with Crippen molar-refractivity contribution in [1.29, 1.82) is 0 Å². The van der Waals surface area contributed by atoms with Gasteiger partial charge in [-0.3, -0.25) is 14.9 Å². The van der Waals surface area contributed by atoms with E-state index in [-0.39, 0.29) is 29.3 Å². The van der Waals surface area contributed by atoms with E-state index in [1.54, 1.807) is 24.1 Å². The van der Waals surface area contributed by atoms with Gasteiger partial charge in [-0.15, -0.1) is 0 Å². The first kappa shape index (κ1) is 15.4. The highest BCUT2D eigenvalue weighted by Crippen LogP contribution is 2.25. The van der Waals surface area contributed by atoms with Crippen LogP contribution in [0, 0.1) is 10.1 Å². The van der Waals surface area contributed by atoms with E-state index in [9.17, 15) is 14.9 Å². The molecule has 7 heteroatoms. The Bertz CT molecular complexity index is 535. The van der Waals surface area contributed by atoms with Crippen LogP contribution in [0.2, 0.25) is 0 Å². The van der Waals surface area contributed by atoms with Crippen molar-refractivity contribution < 1.29 is 14.5 Å². The Balaban J connectivity index is 2.25. The molecule has 2 rings (SSSR count). The third kappa shape index (κ3) is 3.20. The largest absolute Gasteiger partial charge is 0.381 e. The molecule has 0 bridgehead atoms. The van der Waals surface area contributed by atoms with Gasteiger partial charge in [-0.2, -0.15) is 0 Å². The van der Waals surface area contributed by atoms with Gasteiger partial charge in [0, 0.05) is 32.3 Å².